The maximum absolute atomic E-state index is 12.8. The van der Waals surface area contributed by atoms with Crippen LogP contribution in [0, 0.1) is 0 Å². The van der Waals surface area contributed by atoms with Gasteiger partial charge in [-0.15, -0.1) is 0 Å². The molecule has 0 saturated heterocycles. The summed E-state index contributed by atoms with van der Waals surface area (Å²) in [6.45, 7) is -0.211. The Morgan fingerprint density at radius 2 is 2.22 bits per heavy atom. The third-order valence-electron chi connectivity index (χ3n) is 3.22. The lowest BCUT2D eigenvalue weighted by molar-refractivity contribution is -0.0477. The summed E-state index contributed by atoms with van der Waals surface area (Å²) < 4.78 is 25.6. The summed E-state index contributed by atoms with van der Waals surface area (Å²) in [6.07, 6.45) is 1.01. The topological polar surface area (TPSA) is 35.5 Å². The van der Waals surface area contributed by atoms with Crippen LogP contribution < -0.4 is 10.2 Å². The molecule has 0 saturated carbocycles. The molecule has 0 fully saturated rings. The highest BCUT2D eigenvalue weighted by molar-refractivity contribution is 5.58. The van der Waals surface area contributed by atoms with E-state index in [2.05, 4.69) is 16.3 Å². The Bertz CT molecular complexity index is 423. The molecule has 1 aliphatic rings. The van der Waals surface area contributed by atoms with Gasteiger partial charge in [0.05, 0.1) is 6.54 Å². The molecule has 100 valence electrons. The molecule has 1 aliphatic heterocycles. The lowest BCUT2D eigenvalue weighted by Crippen LogP contribution is -2.35. The Morgan fingerprint density at radius 1 is 1.44 bits per heavy atom. The summed E-state index contributed by atoms with van der Waals surface area (Å²) in [5.41, 5.74) is 3.49. The number of nitrogens with one attached hydrogen (secondary N) is 1. The SMILES string of the molecule is CN1CCc2cc(CNCC(F)(F)CO)ccc21. The van der Waals surface area contributed by atoms with Gasteiger partial charge in [0.1, 0.15) is 6.61 Å². The van der Waals surface area contributed by atoms with E-state index >= 15 is 0 Å². The van der Waals surface area contributed by atoms with Gasteiger partial charge in [0, 0.05) is 25.8 Å². The zero-order valence-corrected chi connectivity index (χ0v) is 10.4. The minimum Gasteiger partial charge on any atom is -0.390 e. The highest BCUT2D eigenvalue weighted by Gasteiger charge is 2.26. The standard InChI is InChI=1S/C13H18F2N2O/c1-17-5-4-11-6-10(2-3-12(11)17)7-16-8-13(14,15)9-18/h2-3,6,16,18H,4-5,7-9H2,1H3. The predicted octanol–water partition coefficient (Wildman–Crippen LogP) is 1.40. The van der Waals surface area contributed by atoms with Gasteiger partial charge in [0.2, 0.25) is 0 Å². The summed E-state index contributed by atoms with van der Waals surface area (Å²) in [6, 6.07) is 6.04. The molecule has 0 aliphatic carbocycles. The molecular formula is C13H18F2N2O. The Balaban J connectivity index is 1.92. The fourth-order valence-corrected chi connectivity index (χ4v) is 2.18. The second kappa shape index (κ2) is 5.20. The Morgan fingerprint density at radius 3 is 2.94 bits per heavy atom. The van der Waals surface area contributed by atoms with Crippen LogP contribution in [0.15, 0.2) is 18.2 Å². The summed E-state index contributed by atoms with van der Waals surface area (Å²) in [7, 11) is 2.05. The molecule has 5 heteroatoms. The third-order valence-corrected chi connectivity index (χ3v) is 3.22. The lowest BCUT2D eigenvalue weighted by atomic mass is 10.1. The molecule has 2 N–H and O–H groups in total. The number of rotatable bonds is 5. The molecule has 0 atom stereocenters. The normalized spacial score (nSPS) is 15.0. The van der Waals surface area contributed by atoms with E-state index in [4.69, 9.17) is 5.11 Å². The summed E-state index contributed by atoms with van der Waals surface area (Å²) in [5, 5.41) is 11.1. The first-order valence-corrected chi connectivity index (χ1v) is 6.04. The van der Waals surface area contributed by atoms with Crippen molar-refractivity contribution in [1.82, 2.24) is 5.32 Å². The van der Waals surface area contributed by atoms with Crippen LogP contribution in [0.25, 0.3) is 0 Å². The first-order valence-electron chi connectivity index (χ1n) is 6.04. The Labute approximate surface area is 105 Å². The highest BCUT2D eigenvalue weighted by atomic mass is 19.3. The minimum atomic E-state index is -3.04. The molecule has 3 nitrogen and oxygen atoms in total. The van der Waals surface area contributed by atoms with Gasteiger partial charge in [-0.3, -0.25) is 0 Å². The quantitative estimate of drug-likeness (QED) is 0.836. The number of hydrogen-bond donors (Lipinski definition) is 2. The Kier molecular flexibility index (Phi) is 3.82. The van der Waals surface area contributed by atoms with Crippen molar-refractivity contribution >= 4 is 5.69 Å². The summed E-state index contributed by atoms with van der Waals surface area (Å²) in [4.78, 5) is 2.19. The number of alkyl halides is 2. The van der Waals surface area contributed by atoms with E-state index < -0.39 is 19.1 Å². The van der Waals surface area contributed by atoms with E-state index in [1.54, 1.807) is 0 Å². The number of hydrogen-bond acceptors (Lipinski definition) is 3. The van der Waals surface area contributed by atoms with Gasteiger partial charge in [-0.05, 0) is 23.6 Å². The van der Waals surface area contributed by atoms with Gasteiger partial charge in [-0.1, -0.05) is 12.1 Å². The van der Waals surface area contributed by atoms with E-state index in [1.807, 2.05) is 19.2 Å². The fourth-order valence-electron chi connectivity index (χ4n) is 2.18. The first-order chi connectivity index (χ1) is 8.52. The second-order valence-electron chi connectivity index (χ2n) is 4.75. The number of likely N-dealkylation sites (N-methyl/N-ethyl adjacent to an activating group) is 1. The average molecular weight is 256 g/mol. The van der Waals surface area contributed by atoms with E-state index in [9.17, 15) is 8.78 Å². The van der Waals surface area contributed by atoms with Crippen molar-refractivity contribution in [2.45, 2.75) is 18.9 Å². The molecule has 0 amide bonds. The molecule has 0 aromatic heterocycles. The lowest BCUT2D eigenvalue weighted by Gasteiger charge is -2.15. The number of aliphatic hydroxyl groups is 1. The molecular weight excluding hydrogens is 238 g/mol. The van der Waals surface area contributed by atoms with Gasteiger partial charge in [0.15, 0.2) is 0 Å². The molecule has 1 aromatic rings. The van der Waals surface area contributed by atoms with Crippen LogP contribution in [0.2, 0.25) is 0 Å². The van der Waals surface area contributed by atoms with Gasteiger partial charge >= 0.3 is 0 Å². The smallest absolute Gasteiger partial charge is 0.282 e. The predicted molar refractivity (Wildman–Crippen MR) is 67.2 cm³/mol. The third kappa shape index (κ3) is 2.97. The minimum absolute atomic E-state index is 0.395. The number of aliphatic hydroxyl groups excluding tert-OH is 1. The van der Waals surface area contributed by atoms with Crippen LogP contribution in [0.1, 0.15) is 11.1 Å². The van der Waals surface area contributed by atoms with Crippen molar-refractivity contribution < 1.29 is 13.9 Å². The molecule has 0 bridgehead atoms. The van der Waals surface area contributed by atoms with Gasteiger partial charge in [-0.2, -0.15) is 0 Å². The molecule has 0 unspecified atom stereocenters. The summed E-state index contributed by atoms with van der Waals surface area (Å²) in [5.74, 6) is -3.04. The highest BCUT2D eigenvalue weighted by Crippen LogP contribution is 2.27. The van der Waals surface area contributed by atoms with Crippen LogP contribution >= 0.6 is 0 Å². The van der Waals surface area contributed by atoms with Crippen molar-refractivity contribution in [2.24, 2.45) is 0 Å². The van der Waals surface area contributed by atoms with E-state index in [1.165, 1.54) is 11.3 Å². The number of benzene rings is 1. The average Bonchev–Trinajstić information content (AvgIpc) is 2.71. The molecule has 2 rings (SSSR count). The van der Waals surface area contributed by atoms with E-state index in [0.29, 0.717) is 6.54 Å². The molecule has 18 heavy (non-hydrogen) atoms. The van der Waals surface area contributed by atoms with Gasteiger partial charge in [-0.25, -0.2) is 8.78 Å². The van der Waals surface area contributed by atoms with Crippen molar-refractivity contribution in [3.05, 3.63) is 29.3 Å². The molecule has 1 heterocycles. The van der Waals surface area contributed by atoms with Crippen molar-refractivity contribution in [1.29, 1.82) is 0 Å². The van der Waals surface area contributed by atoms with E-state index in [0.717, 1.165) is 18.5 Å². The van der Waals surface area contributed by atoms with Crippen molar-refractivity contribution in [3.63, 3.8) is 0 Å². The molecule has 1 aromatic carbocycles. The molecule has 0 spiro atoms. The van der Waals surface area contributed by atoms with Gasteiger partial charge in [0.25, 0.3) is 5.92 Å². The zero-order valence-electron chi connectivity index (χ0n) is 10.4. The van der Waals surface area contributed by atoms with Crippen molar-refractivity contribution in [2.75, 3.05) is 31.6 Å². The van der Waals surface area contributed by atoms with Crippen molar-refractivity contribution in [3.8, 4) is 0 Å². The number of nitrogens with zero attached hydrogens (tertiary/aromatic N) is 1. The zero-order chi connectivity index (χ0) is 13.2. The van der Waals surface area contributed by atoms with Gasteiger partial charge < -0.3 is 15.3 Å². The van der Waals surface area contributed by atoms with Crippen LogP contribution in [0.4, 0.5) is 14.5 Å². The maximum atomic E-state index is 12.8. The van der Waals surface area contributed by atoms with Crippen LogP contribution in [0.3, 0.4) is 0 Å². The maximum Gasteiger partial charge on any atom is 0.282 e. The first kappa shape index (κ1) is 13.2. The molecule has 0 radical (unpaired) electrons. The number of anilines is 1. The van der Waals surface area contributed by atoms with Crippen LogP contribution in [-0.2, 0) is 13.0 Å². The second-order valence-corrected chi connectivity index (χ2v) is 4.75. The van der Waals surface area contributed by atoms with E-state index in [-0.39, 0.29) is 0 Å². The number of halogens is 2. The summed E-state index contributed by atoms with van der Waals surface area (Å²) >= 11 is 0. The fraction of sp³-hybridized carbons (Fsp3) is 0.538. The van der Waals surface area contributed by atoms with Crippen LogP contribution in [-0.4, -0.2) is 37.8 Å². The van der Waals surface area contributed by atoms with Crippen LogP contribution in [0.5, 0.6) is 0 Å². The monoisotopic (exact) mass is 256 g/mol. The largest absolute Gasteiger partial charge is 0.390 e. The number of fused-ring (bicyclic) bond motifs is 1. The Hall–Kier alpha value is -1.20.